The van der Waals surface area contributed by atoms with Crippen molar-refractivity contribution in [1.29, 1.82) is 0 Å². The van der Waals surface area contributed by atoms with E-state index in [1.165, 1.54) is 11.8 Å². The van der Waals surface area contributed by atoms with E-state index in [0.717, 1.165) is 11.4 Å². The molecule has 1 aromatic rings. The molecule has 0 atom stereocenters. The van der Waals surface area contributed by atoms with Gasteiger partial charge in [-0.15, -0.1) is 11.8 Å². The van der Waals surface area contributed by atoms with Gasteiger partial charge in [0.15, 0.2) is 0 Å². The molecule has 1 N–H and O–H groups in total. The third-order valence-electron chi connectivity index (χ3n) is 2.36. The quantitative estimate of drug-likeness (QED) is 0.782. The van der Waals surface area contributed by atoms with Crippen LogP contribution in [-0.2, 0) is 16.4 Å². The third kappa shape index (κ3) is 7.03. The number of benzene rings is 1. The van der Waals surface area contributed by atoms with Crippen molar-refractivity contribution in [3.63, 3.8) is 0 Å². The summed E-state index contributed by atoms with van der Waals surface area (Å²) in [4.78, 5) is 1.12. The van der Waals surface area contributed by atoms with Crippen molar-refractivity contribution in [1.82, 2.24) is 5.32 Å². The van der Waals surface area contributed by atoms with E-state index in [4.69, 9.17) is 0 Å². The average molecular weight is 287 g/mol. The molecule has 0 saturated heterocycles. The van der Waals surface area contributed by atoms with Crippen molar-refractivity contribution in [2.24, 2.45) is 0 Å². The third-order valence-corrected chi connectivity index (χ3v) is 4.58. The van der Waals surface area contributed by atoms with Crippen LogP contribution in [0.1, 0.15) is 19.4 Å². The molecule has 5 heteroatoms. The van der Waals surface area contributed by atoms with Gasteiger partial charge in [-0.05, 0) is 17.7 Å². The molecule has 0 heterocycles. The van der Waals surface area contributed by atoms with Crippen LogP contribution >= 0.6 is 11.8 Å². The van der Waals surface area contributed by atoms with Crippen LogP contribution in [0.5, 0.6) is 0 Å². The van der Waals surface area contributed by atoms with E-state index >= 15 is 0 Å². The van der Waals surface area contributed by atoms with Gasteiger partial charge in [-0.1, -0.05) is 26.0 Å². The van der Waals surface area contributed by atoms with Gasteiger partial charge in [0.2, 0.25) is 0 Å². The molecule has 0 aromatic heterocycles. The molecular formula is C13H21NO2S2. The SMILES string of the molecule is CC(C)NCc1ccc(SCCS(C)(=O)=O)cc1. The highest BCUT2D eigenvalue weighted by atomic mass is 32.2. The molecule has 0 aliphatic carbocycles. The maximum atomic E-state index is 11.0. The van der Waals surface area contributed by atoms with Crippen LogP contribution in [0.25, 0.3) is 0 Å². The molecule has 0 spiro atoms. The summed E-state index contributed by atoms with van der Waals surface area (Å²) in [6.45, 7) is 5.11. The van der Waals surface area contributed by atoms with E-state index in [9.17, 15) is 8.42 Å². The molecule has 18 heavy (non-hydrogen) atoms. The van der Waals surface area contributed by atoms with Crippen molar-refractivity contribution >= 4 is 21.6 Å². The topological polar surface area (TPSA) is 46.2 Å². The molecular weight excluding hydrogens is 266 g/mol. The van der Waals surface area contributed by atoms with Gasteiger partial charge in [0.1, 0.15) is 9.84 Å². The summed E-state index contributed by atoms with van der Waals surface area (Å²) in [6, 6.07) is 8.74. The molecule has 1 aromatic carbocycles. The molecule has 0 radical (unpaired) electrons. The fourth-order valence-corrected chi connectivity index (χ4v) is 3.44. The minimum absolute atomic E-state index is 0.230. The molecule has 0 aliphatic rings. The zero-order valence-electron chi connectivity index (χ0n) is 11.1. The standard InChI is InChI=1S/C13H21NO2S2/c1-11(2)14-10-12-4-6-13(7-5-12)17-8-9-18(3,15)16/h4-7,11,14H,8-10H2,1-3H3. The predicted octanol–water partition coefficient (Wildman–Crippen LogP) is 2.32. The number of rotatable bonds is 7. The van der Waals surface area contributed by atoms with Gasteiger partial charge in [0.25, 0.3) is 0 Å². The second-order valence-electron chi connectivity index (χ2n) is 4.66. The van der Waals surface area contributed by atoms with Gasteiger partial charge in [-0.25, -0.2) is 8.42 Å². The summed E-state index contributed by atoms with van der Waals surface area (Å²) in [5.74, 6) is 0.844. The maximum Gasteiger partial charge on any atom is 0.148 e. The van der Waals surface area contributed by atoms with Gasteiger partial charge in [0.05, 0.1) is 5.75 Å². The fraction of sp³-hybridized carbons (Fsp3) is 0.538. The highest BCUT2D eigenvalue weighted by molar-refractivity contribution is 8.00. The Balaban J connectivity index is 2.40. The van der Waals surface area contributed by atoms with Gasteiger partial charge in [0, 0.05) is 29.5 Å². The van der Waals surface area contributed by atoms with Crippen molar-refractivity contribution in [2.45, 2.75) is 31.3 Å². The van der Waals surface area contributed by atoms with Gasteiger partial charge in [-0.3, -0.25) is 0 Å². The Labute approximate surface area is 114 Å². The highest BCUT2D eigenvalue weighted by Gasteiger charge is 2.02. The molecule has 3 nitrogen and oxygen atoms in total. The Hall–Kier alpha value is -0.520. The number of hydrogen-bond donors (Lipinski definition) is 1. The van der Waals surface area contributed by atoms with Crippen molar-refractivity contribution in [3.8, 4) is 0 Å². The van der Waals surface area contributed by atoms with Crippen LogP contribution in [0.3, 0.4) is 0 Å². The highest BCUT2D eigenvalue weighted by Crippen LogP contribution is 2.18. The Bertz CT molecular complexity index is 452. The lowest BCUT2D eigenvalue weighted by molar-refractivity contribution is 0.588. The van der Waals surface area contributed by atoms with Crippen molar-refractivity contribution < 1.29 is 8.42 Å². The molecule has 0 saturated carbocycles. The van der Waals surface area contributed by atoms with Crippen LogP contribution < -0.4 is 5.32 Å². The summed E-state index contributed by atoms with van der Waals surface area (Å²) < 4.78 is 22.0. The largest absolute Gasteiger partial charge is 0.310 e. The number of hydrogen-bond acceptors (Lipinski definition) is 4. The first-order valence-corrected chi connectivity index (χ1v) is 9.04. The van der Waals surface area contributed by atoms with Crippen LogP contribution in [0.4, 0.5) is 0 Å². The van der Waals surface area contributed by atoms with Gasteiger partial charge >= 0.3 is 0 Å². The van der Waals surface area contributed by atoms with E-state index in [2.05, 4.69) is 31.3 Å². The normalized spacial score (nSPS) is 12.0. The lowest BCUT2D eigenvalue weighted by atomic mass is 10.2. The van der Waals surface area contributed by atoms with Crippen LogP contribution in [0, 0.1) is 0 Å². The second kappa shape index (κ2) is 7.16. The van der Waals surface area contributed by atoms with Crippen LogP contribution in [0.2, 0.25) is 0 Å². The first-order chi connectivity index (χ1) is 8.37. The number of nitrogens with one attached hydrogen (secondary N) is 1. The van der Waals surface area contributed by atoms with E-state index in [-0.39, 0.29) is 5.75 Å². The van der Waals surface area contributed by atoms with Crippen molar-refractivity contribution in [3.05, 3.63) is 29.8 Å². The monoisotopic (exact) mass is 287 g/mol. The van der Waals surface area contributed by atoms with Gasteiger partial charge < -0.3 is 5.32 Å². The molecule has 0 unspecified atom stereocenters. The zero-order valence-corrected chi connectivity index (χ0v) is 12.8. The van der Waals surface area contributed by atoms with Crippen LogP contribution in [-0.4, -0.2) is 32.2 Å². The number of thioether (sulfide) groups is 1. The minimum Gasteiger partial charge on any atom is -0.310 e. The smallest absolute Gasteiger partial charge is 0.148 e. The summed E-state index contributed by atoms with van der Waals surface area (Å²) in [7, 11) is -2.85. The van der Waals surface area contributed by atoms with E-state index < -0.39 is 9.84 Å². The Morgan fingerprint density at radius 2 is 1.83 bits per heavy atom. The maximum absolute atomic E-state index is 11.0. The van der Waals surface area contributed by atoms with E-state index in [0.29, 0.717) is 11.8 Å². The first kappa shape index (κ1) is 15.5. The van der Waals surface area contributed by atoms with E-state index in [1.807, 2.05) is 12.1 Å². The van der Waals surface area contributed by atoms with Crippen molar-refractivity contribution in [2.75, 3.05) is 17.8 Å². The molecule has 0 amide bonds. The second-order valence-corrected chi connectivity index (χ2v) is 8.09. The molecule has 0 fully saturated rings. The fourth-order valence-electron chi connectivity index (χ4n) is 1.34. The lowest BCUT2D eigenvalue weighted by Gasteiger charge is -2.08. The summed E-state index contributed by atoms with van der Waals surface area (Å²) in [6.07, 6.45) is 1.27. The summed E-state index contributed by atoms with van der Waals surface area (Å²) >= 11 is 1.58. The number of sulfone groups is 1. The Morgan fingerprint density at radius 1 is 1.22 bits per heavy atom. The molecule has 102 valence electrons. The molecule has 0 aliphatic heterocycles. The average Bonchev–Trinajstić information content (AvgIpc) is 2.26. The predicted molar refractivity (Wildman–Crippen MR) is 78.9 cm³/mol. The van der Waals surface area contributed by atoms with Gasteiger partial charge in [-0.2, -0.15) is 0 Å². The summed E-state index contributed by atoms with van der Waals surface area (Å²) in [5.41, 5.74) is 1.25. The zero-order chi connectivity index (χ0) is 13.6. The Morgan fingerprint density at radius 3 is 2.33 bits per heavy atom. The minimum atomic E-state index is -2.85. The molecule has 0 bridgehead atoms. The summed E-state index contributed by atoms with van der Waals surface area (Å²) in [5, 5.41) is 3.36. The first-order valence-electron chi connectivity index (χ1n) is 5.99. The van der Waals surface area contributed by atoms with Crippen LogP contribution in [0.15, 0.2) is 29.2 Å². The molecule has 1 rings (SSSR count). The lowest BCUT2D eigenvalue weighted by Crippen LogP contribution is -2.21. The Kier molecular flexibility index (Phi) is 6.18. The van der Waals surface area contributed by atoms with E-state index in [1.54, 1.807) is 11.8 Å².